The van der Waals surface area contributed by atoms with Crippen molar-refractivity contribution in [1.29, 1.82) is 0 Å². The summed E-state index contributed by atoms with van der Waals surface area (Å²) >= 11 is 0. The summed E-state index contributed by atoms with van der Waals surface area (Å²) in [6.07, 6.45) is -6.53. The lowest BCUT2D eigenvalue weighted by molar-refractivity contribution is -0.214. The number of aliphatic hydroxyl groups is 6. The van der Waals surface area contributed by atoms with Gasteiger partial charge in [0.15, 0.2) is 0 Å². The van der Waals surface area contributed by atoms with E-state index in [2.05, 4.69) is 23.7 Å². The fraction of sp³-hybridized carbons (Fsp3) is 0.385. The second-order valence-electron chi connectivity index (χ2n) is 8.31. The molecule has 0 amide bonds. The minimum Gasteiger partial charge on any atom is -0.395 e. The van der Waals surface area contributed by atoms with E-state index in [1.54, 1.807) is 19.1 Å². The summed E-state index contributed by atoms with van der Waals surface area (Å²) in [5.74, 6) is 11.5. The van der Waals surface area contributed by atoms with Gasteiger partial charge in [-0.2, -0.15) is 0 Å². The summed E-state index contributed by atoms with van der Waals surface area (Å²) in [5, 5.41) is 60.1. The van der Waals surface area contributed by atoms with E-state index < -0.39 is 42.5 Å². The Bertz CT molecular complexity index is 1160. The summed E-state index contributed by atoms with van der Waals surface area (Å²) in [7, 11) is 0. The van der Waals surface area contributed by atoms with Gasteiger partial charge in [0.1, 0.15) is 30.5 Å². The summed E-state index contributed by atoms with van der Waals surface area (Å²) in [6, 6.07) is 11.1. The second-order valence-corrected chi connectivity index (χ2v) is 8.31. The van der Waals surface area contributed by atoms with Crippen molar-refractivity contribution >= 4 is 0 Å². The zero-order valence-electron chi connectivity index (χ0n) is 18.1. The molecule has 0 radical (unpaired) electrons. The molecule has 0 aromatic heterocycles. The molecule has 7 heteroatoms. The lowest BCUT2D eigenvalue weighted by Crippen LogP contribution is -2.58. The van der Waals surface area contributed by atoms with Crippen LogP contribution in [0.4, 0.5) is 0 Å². The maximum Gasteiger partial charge on any atom is 0.147 e. The fourth-order valence-electron chi connectivity index (χ4n) is 4.56. The maximum atomic E-state index is 10.3. The first kappa shape index (κ1) is 23.4. The van der Waals surface area contributed by atoms with E-state index in [1.165, 1.54) is 0 Å². The van der Waals surface area contributed by atoms with Crippen LogP contribution in [0.5, 0.6) is 0 Å². The van der Waals surface area contributed by atoms with E-state index >= 15 is 0 Å². The normalized spacial score (nSPS) is 26.9. The maximum absolute atomic E-state index is 10.3. The van der Waals surface area contributed by atoms with Crippen LogP contribution < -0.4 is 0 Å². The highest BCUT2D eigenvalue weighted by Gasteiger charge is 2.44. The summed E-state index contributed by atoms with van der Waals surface area (Å²) in [5.41, 5.74) is 3.63. The molecule has 1 heterocycles. The largest absolute Gasteiger partial charge is 0.395 e. The highest BCUT2D eigenvalue weighted by Crippen LogP contribution is 2.49. The van der Waals surface area contributed by atoms with Crippen LogP contribution in [0.1, 0.15) is 29.2 Å². The Morgan fingerprint density at radius 3 is 1.91 bits per heavy atom. The van der Waals surface area contributed by atoms with Crippen LogP contribution in [-0.2, 0) is 10.2 Å². The molecule has 1 aliphatic heterocycles. The summed E-state index contributed by atoms with van der Waals surface area (Å²) in [4.78, 5) is 0. The number of benzene rings is 2. The number of fused-ring (bicyclic) bond motifs is 3. The molecular weight excluding hydrogens is 424 g/mol. The number of hydrogen-bond donors (Lipinski definition) is 6. The first-order valence-electron chi connectivity index (χ1n) is 10.7. The third-order valence-electron chi connectivity index (χ3n) is 6.42. The van der Waals surface area contributed by atoms with Crippen molar-refractivity contribution in [2.45, 2.75) is 42.9 Å². The van der Waals surface area contributed by atoms with Crippen LogP contribution in [0.15, 0.2) is 36.4 Å². The van der Waals surface area contributed by atoms with Crippen LogP contribution in [-0.4, -0.2) is 81.0 Å². The zero-order valence-corrected chi connectivity index (χ0v) is 18.1. The van der Waals surface area contributed by atoms with Crippen molar-refractivity contribution in [3.05, 3.63) is 58.7 Å². The number of hydrogen-bond acceptors (Lipinski definition) is 7. The average Bonchev–Trinajstić information content (AvgIpc) is 3.11. The highest BCUT2D eigenvalue weighted by atomic mass is 16.5. The van der Waals surface area contributed by atoms with Gasteiger partial charge in [-0.1, -0.05) is 29.9 Å². The SMILES string of the molecule is CC#Cc1ccc2c(c1)C(CO)(CO)c1cc(C#C[C@H]3O[C@H](CO)[C@@H](O)[C@H](O)[C@@H]3O)ccc1-2. The molecule has 33 heavy (non-hydrogen) atoms. The molecule has 7 nitrogen and oxygen atoms in total. The van der Waals surface area contributed by atoms with Crippen LogP contribution in [0, 0.1) is 23.7 Å². The van der Waals surface area contributed by atoms with E-state index in [9.17, 15) is 30.6 Å². The molecule has 0 spiro atoms. The Morgan fingerprint density at radius 1 is 0.818 bits per heavy atom. The molecule has 1 fully saturated rings. The van der Waals surface area contributed by atoms with E-state index in [-0.39, 0.29) is 13.2 Å². The minimum absolute atomic E-state index is 0.309. The number of ether oxygens (including phenoxy) is 1. The van der Waals surface area contributed by atoms with Gasteiger partial charge in [-0.05, 0) is 53.4 Å². The topological polar surface area (TPSA) is 131 Å². The standard InChI is InChI=1S/C26H26O7/c1-2-3-15-4-7-17-18-8-5-16(11-20(18)26(13-28,14-29)19(17)10-15)6-9-21-23(30)25(32)24(31)22(12-27)33-21/h4-5,7-8,10-11,21-25,27-32H,12-14H2,1H3/t21-,22-,23-,24-,25-/m1/s1. The first-order chi connectivity index (χ1) is 15.9. The predicted molar refractivity (Wildman–Crippen MR) is 120 cm³/mol. The summed E-state index contributed by atoms with van der Waals surface area (Å²) < 4.78 is 5.44. The quantitative estimate of drug-likeness (QED) is 0.348. The highest BCUT2D eigenvalue weighted by molar-refractivity contribution is 5.82. The van der Waals surface area contributed by atoms with Gasteiger partial charge in [0, 0.05) is 11.1 Å². The molecule has 172 valence electrons. The lowest BCUT2D eigenvalue weighted by atomic mass is 9.79. The molecule has 0 bridgehead atoms. The number of rotatable bonds is 3. The molecule has 5 atom stereocenters. The van der Waals surface area contributed by atoms with E-state index in [0.717, 1.165) is 27.8 Å². The van der Waals surface area contributed by atoms with Crippen molar-refractivity contribution < 1.29 is 35.4 Å². The Labute approximate surface area is 191 Å². The van der Waals surface area contributed by atoms with E-state index in [0.29, 0.717) is 5.56 Å². The zero-order chi connectivity index (χ0) is 23.8. The van der Waals surface area contributed by atoms with Gasteiger partial charge in [0.2, 0.25) is 0 Å². The van der Waals surface area contributed by atoms with Gasteiger partial charge < -0.3 is 35.4 Å². The minimum atomic E-state index is -1.50. The van der Waals surface area contributed by atoms with Crippen molar-refractivity contribution in [3.8, 4) is 34.8 Å². The van der Waals surface area contributed by atoms with E-state index in [1.807, 2.05) is 24.3 Å². The van der Waals surface area contributed by atoms with Crippen LogP contribution in [0.25, 0.3) is 11.1 Å². The van der Waals surface area contributed by atoms with Gasteiger partial charge in [-0.25, -0.2) is 0 Å². The third-order valence-corrected chi connectivity index (χ3v) is 6.42. The fourth-order valence-corrected chi connectivity index (χ4v) is 4.56. The molecule has 4 rings (SSSR count). The Balaban J connectivity index is 1.72. The van der Waals surface area contributed by atoms with Gasteiger partial charge in [0.25, 0.3) is 0 Å². The van der Waals surface area contributed by atoms with Gasteiger partial charge in [-0.3, -0.25) is 0 Å². The molecule has 2 aromatic carbocycles. The Kier molecular flexibility index (Phi) is 6.58. The Hall–Kier alpha value is -2.72. The molecule has 0 unspecified atom stereocenters. The molecule has 0 saturated carbocycles. The van der Waals surface area contributed by atoms with Crippen molar-refractivity contribution in [3.63, 3.8) is 0 Å². The van der Waals surface area contributed by atoms with Crippen molar-refractivity contribution in [2.75, 3.05) is 19.8 Å². The second kappa shape index (κ2) is 9.26. The van der Waals surface area contributed by atoms with Crippen LogP contribution in [0.3, 0.4) is 0 Å². The monoisotopic (exact) mass is 450 g/mol. The Morgan fingerprint density at radius 2 is 1.39 bits per heavy atom. The van der Waals surface area contributed by atoms with Gasteiger partial charge in [-0.15, -0.1) is 5.92 Å². The van der Waals surface area contributed by atoms with Gasteiger partial charge in [0.05, 0.1) is 25.2 Å². The van der Waals surface area contributed by atoms with Crippen LogP contribution >= 0.6 is 0 Å². The molecule has 6 N–H and O–H groups in total. The third kappa shape index (κ3) is 3.85. The first-order valence-corrected chi connectivity index (χ1v) is 10.7. The molecule has 1 saturated heterocycles. The van der Waals surface area contributed by atoms with E-state index in [4.69, 9.17) is 4.74 Å². The summed E-state index contributed by atoms with van der Waals surface area (Å²) in [6.45, 7) is 0.597. The van der Waals surface area contributed by atoms with Crippen LogP contribution in [0.2, 0.25) is 0 Å². The van der Waals surface area contributed by atoms with Gasteiger partial charge >= 0.3 is 0 Å². The lowest BCUT2D eigenvalue weighted by Gasteiger charge is -2.37. The molecule has 2 aliphatic rings. The molecular formula is C26H26O7. The predicted octanol–water partition coefficient (Wildman–Crippen LogP) is -0.497. The van der Waals surface area contributed by atoms with Crippen molar-refractivity contribution in [1.82, 2.24) is 0 Å². The smallest absolute Gasteiger partial charge is 0.147 e. The molecule has 2 aromatic rings. The average molecular weight is 450 g/mol. The number of aliphatic hydroxyl groups excluding tert-OH is 6. The molecule has 1 aliphatic carbocycles. The van der Waals surface area contributed by atoms with Crippen molar-refractivity contribution in [2.24, 2.45) is 0 Å².